The third kappa shape index (κ3) is 4.47. The zero-order chi connectivity index (χ0) is 23.8. The van der Waals surface area contributed by atoms with Crippen molar-refractivity contribution in [3.63, 3.8) is 0 Å². The first-order valence-electron chi connectivity index (χ1n) is 11.7. The van der Waals surface area contributed by atoms with E-state index in [0.717, 1.165) is 59.8 Å². The Morgan fingerprint density at radius 1 is 1.38 bits per heavy atom. The molecule has 0 spiro atoms. The number of carbonyl (C=O) groups is 1. The van der Waals surface area contributed by atoms with E-state index in [1.807, 2.05) is 19.1 Å². The molecule has 0 saturated carbocycles. The van der Waals surface area contributed by atoms with E-state index >= 15 is 4.39 Å². The number of nitrogens with one attached hydrogen (secondary N) is 2. The molecule has 1 aliphatic carbocycles. The minimum Gasteiger partial charge on any atom is -0.397 e. The van der Waals surface area contributed by atoms with E-state index in [9.17, 15) is 4.79 Å². The minimum absolute atomic E-state index is 0.0710. The molecule has 1 unspecified atom stereocenters. The predicted molar refractivity (Wildman–Crippen MR) is 134 cm³/mol. The number of nitrogens with two attached hydrogens (primary N) is 1. The SMILES string of the molecule is COC1CNCCN(c2cc(F)c3c(c2)CC[C@H](NC(=O)c2sc4nc(C)ccc4c2N)C3)C1. The van der Waals surface area contributed by atoms with Crippen molar-refractivity contribution in [3.05, 3.63) is 51.8 Å². The lowest BCUT2D eigenvalue weighted by atomic mass is 9.87. The van der Waals surface area contributed by atoms with E-state index in [0.29, 0.717) is 29.0 Å². The zero-order valence-corrected chi connectivity index (χ0v) is 20.3. The smallest absolute Gasteiger partial charge is 0.263 e. The highest BCUT2D eigenvalue weighted by Gasteiger charge is 2.27. The fraction of sp³-hybridized carbons (Fsp3) is 0.440. The Bertz CT molecular complexity index is 1230. The summed E-state index contributed by atoms with van der Waals surface area (Å²) in [5.74, 6) is -0.426. The Morgan fingerprint density at radius 3 is 3.06 bits per heavy atom. The van der Waals surface area contributed by atoms with Crippen molar-refractivity contribution in [1.82, 2.24) is 15.6 Å². The number of amides is 1. The van der Waals surface area contributed by atoms with Crippen molar-refractivity contribution in [2.24, 2.45) is 0 Å². The van der Waals surface area contributed by atoms with E-state index in [1.165, 1.54) is 11.3 Å². The lowest BCUT2D eigenvalue weighted by Gasteiger charge is -2.30. The normalized spacial score (nSPS) is 20.7. The number of aryl methyl sites for hydroxylation is 2. The number of pyridine rings is 1. The van der Waals surface area contributed by atoms with Gasteiger partial charge in [0, 0.05) is 56.1 Å². The number of thiophene rings is 1. The number of halogens is 1. The summed E-state index contributed by atoms with van der Waals surface area (Å²) < 4.78 is 20.8. The fourth-order valence-electron chi connectivity index (χ4n) is 4.89. The first-order valence-corrected chi connectivity index (χ1v) is 12.5. The summed E-state index contributed by atoms with van der Waals surface area (Å²) in [5.41, 5.74) is 10.2. The van der Waals surface area contributed by atoms with Gasteiger partial charge in [-0.2, -0.15) is 0 Å². The number of carbonyl (C=O) groups excluding carboxylic acids is 1. The molecule has 2 atom stereocenters. The highest BCUT2D eigenvalue weighted by molar-refractivity contribution is 7.21. The molecule has 1 aromatic carbocycles. The van der Waals surface area contributed by atoms with Gasteiger partial charge in [0.2, 0.25) is 0 Å². The molecule has 2 aromatic heterocycles. The number of benzene rings is 1. The molecule has 2 aliphatic rings. The van der Waals surface area contributed by atoms with E-state index in [1.54, 1.807) is 13.2 Å². The second kappa shape index (κ2) is 9.48. The highest BCUT2D eigenvalue weighted by Crippen LogP contribution is 2.34. The number of methoxy groups -OCH3 is 1. The first kappa shape index (κ1) is 23.0. The molecule has 1 aliphatic heterocycles. The minimum atomic E-state index is -0.216. The summed E-state index contributed by atoms with van der Waals surface area (Å²) in [6.07, 6.45) is 2.01. The van der Waals surface area contributed by atoms with Gasteiger partial charge in [0.25, 0.3) is 5.91 Å². The molecule has 180 valence electrons. The Labute approximate surface area is 202 Å². The van der Waals surface area contributed by atoms with Crippen LogP contribution in [0.2, 0.25) is 0 Å². The second-order valence-corrected chi connectivity index (χ2v) is 10.1. The number of fused-ring (bicyclic) bond motifs is 2. The van der Waals surface area contributed by atoms with Crippen LogP contribution in [-0.4, -0.2) is 56.3 Å². The molecule has 1 fully saturated rings. The monoisotopic (exact) mass is 483 g/mol. The number of rotatable bonds is 4. The number of ether oxygens (including phenoxy) is 1. The van der Waals surface area contributed by atoms with Gasteiger partial charge < -0.3 is 26.0 Å². The topological polar surface area (TPSA) is 92.5 Å². The average Bonchev–Trinajstić information content (AvgIpc) is 2.99. The van der Waals surface area contributed by atoms with Crippen molar-refractivity contribution in [1.29, 1.82) is 0 Å². The molecule has 34 heavy (non-hydrogen) atoms. The Morgan fingerprint density at radius 2 is 2.24 bits per heavy atom. The molecule has 5 rings (SSSR count). The predicted octanol–water partition coefficient (Wildman–Crippen LogP) is 3.04. The maximum atomic E-state index is 15.2. The number of hydrogen-bond donors (Lipinski definition) is 3. The molecular formula is C25H30FN5O2S. The third-order valence-electron chi connectivity index (χ3n) is 6.81. The van der Waals surface area contributed by atoms with Crippen molar-refractivity contribution in [2.75, 3.05) is 43.9 Å². The van der Waals surface area contributed by atoms with Gasteiger partial charge in [-0.05, 0) is 61.6 Å². The summed E-state index contributed by atoms with van der Waals surface area (Å²) in [4.78, 5) is 20.9. The quantitative estimate of drug-likeness (QED) is 0.528. The standard InChI is InChI=1S/C25H30FN5O2S/c1-14-3-6-19-22(27)23(34-25(19)29-14)24(32)30-16-5-4-15-9-17(11-21(26)20(15)10-16)31-8-7-28-12-18(13-31)33-2/h3,6,9,11,16,18,28H,4-5,7-8,10,12-13,27H2,1-2H3,(H,30,32)/t16-,18?/m0/s1. The van der Waals surface area contributed by atoms with Crippen LogP contribution in [0.3, 0.4) is 0 Å². The van der Waals surface area contributed by atoms with E-state index in [4.69, 9.17) is 10.5 Å². The third-order valence-corrected chi connectivity index (χ3v) is 7.93. The largest absolute Gasteiger partial charge is 0.397 e. The first-order chi connectivity index (χ1) is 16.4. The van der Waals surface area contributed by atoms with Crippen LogP contribution in [-0.2, 0) is 17.6 Å². The van der Waals surface area contributed by atoms with Crippen LogP contribution >= 0.6 is 11.3 Å². The number of nitrogens with zero attached hydrogens (tertiary/aromatic N) is 2. The molecule has 1 saturated heterocycles. The highest BCUT2D eigenvalue weighted by atomic mass is 32.1. The molecule has 7 nitrogen and oxygen atoms in total. The van der Waals surface area contributed by atoms with Crippen LogP contribution in [0.1, 0.15) is 32.9 Å². The van der Waals surface area contributed by atoms with Crippen molar-refractivity contribution in [2.45, 2.75) is 38.3 Å². The van der Waals surface area contributed by atoms with Crippen LogP contribution in [0.25, 0.3) is 10.2 Å². The van der Waals surface area contributed by atoms with Gasteiger partial charge in [-0.3, -0.25) is 4.79 Å². The van der Waals surface area contributed by atoms with Gasteiger partial charge in [-0.25, -0.2) is 9.37 Å². The maximum Gasteiger partial charge on any atom is 0.263 e. The summed E-state index contributed by atoms with van der Waals surface area (Å²) in [6.45, 7) is 5.08. The lowest BCUT2D eigenvalue weighted by molar-refractivity contribution is 0.0938. The molecule has 0 bridgehead atoms. The van der Waals surface area contributed by atoms with Gasteiger partial charge in [0.05, 0.1) is 11.8 Å². The molecule has 3 aromatic rings. The molecule has 1 amide bonds. The second-order valence-electron chi connectivity index (χ2n) is 9.14. The number of hydrogen-bond acceptors (Lipinski definition) is 7. The van der Waals surface area contributed by atoms with Crippen LogP contribution < -0.4 is 21.3 Å². The van der Waals surface area contributed by atoms with Crippen molar-refractivity contribution >= 4 is 38.8 Å². The number of nitrogen functional groups attached to an aromatic ring is 1. The van der Waals surface area contributed by atoms with Gasteiger partial charge in [0.15, 0.2) is 0 Å². The van der Waals surface area contributed by atoms with E-state index in [2.05, 4.69) is 26.6 Å². The summed E-state index contributed by atoms with van der Waals surface area (Å²) >= 11 is 1.30. The van der Waals surface area contributed by atoms with E-state index < -0.39 is 0 Å². The summed E-state index contributed by atoms with van der Waals surface area (Å²) in [6, 6.07) is 7.38. The molecule has 3 heterocycles. The van der Waals surface area contributed by atoms with Gasteiger partial charge >= 0.3 is 0 Å². The summed E-state index contributed by atoms with van der Waals surface area (Å²) in [7, 11) is 1.71. The van der Waals surface area contributed by atoms with Crippen molar-refractivity contribution in [3.8, 4) is 0 Å². The van der Waals surface area contributed by atoms with Gasteiger partial charge in [0.1, 0.15) is 15.5 Å². The Hall–Kier alpha value is -2.75. The van der Waals surface area contributed by atoms with Gasteiger partial charge in [-0.15, -0.1) is 11.3 Å². The Kier molecular flexibility index (Phi) is 6.42. The number of anilines is 2. The van der Waals surface area contributed by atoms with Crippen LogP contribution in [0.4, 0.5) is 15.8 Å². The lowest BCUT2D eigenvalue weighted by Crippen LogP contribution is -2.39. The maximum absolute atomic E-state index is 15.2. The zero-order valence-electron chi connectivity index (χ0n) is 19.5. The summed E-state index contributed by atoms with van der Waals surface area (Å²) in [5, 5.41) is 7.24. The Balaban J connectivity index is 1.31. The molecule has 0 radical (unpaired) electrons. The van der Waals surface area contributed by atoms with Crippen LogP contribution in [0.5, 0.6) is 0 Å². The van der Waals surface area contributed by atoms with Gasteiger partial charge in [-0.1, -0.05) is 0 Å². The molecular weight excluding hydrogens is 453 g/mol. The molecule has 9 heteroatoms. The van der Waals surface area contributed by atoms with Crippen LogP contribution in [0, 0.1) is 12.7 Å². The number of aromatic nitrogens is 1. The average molecular weight is 484 g/mol. The molecule has 4 N–H and O–H groups in total. The van der Waals surface area contributed by atoms with Crippen LogP contribution in [0.15, 0.2) is 24.3 Å². The van der Waals surface area contributed by atoms with E-state index in [-0.39, 0.29) is 23.9 Å². The van der Waals surface area contributed by atoms with Crippen molar-refractivity contribution < 1.29 is 13.9 Å². The fourth-order valence-corrected chi connectivity index (χ4v) is 5.94.